The summed E-state index contributed by atoms with van der Waals surface area (Å²) in [6.45, 7) is 14.0. The second kappa shape index (κ2) is 17.0. The number of rotatable bonds is 16. The summed E-state index contributed by atoms with van der Waals surface area (Å²) in [6.07, 6.45) is 1.45. The van der Waals surface area contributed by atoms with Gasteiger partial charge in [0.25, 0.3) is 0 Å². The number of hydrogen-bond donors (Lipinski definition) is 0. The first-order valence-electron chi connectivity index (χ1n) is 11.8. The largest absolute Gasteiger partial charge is 0.466 e. The van der Waals surface area contributed by atoms with Gasteiger partial charge in [0.2, 0.25) is 0 Å². The number of ether oxygens (including phenoxy) is 4. The Morgan fingerprint density at radius 1 is 0.697 bits per heavy atom. The average Bonchev–Trinajstić information content (AvgIpc) is 2.73. The molecule has 0 aliphatic carbocycles. The molecule has 0 radical (unpaired) electrons. The molecule has 0 amide bonds. The fourth-order valence-corrected chi connectivity index (χ4v) is 3.44. The lowest BCUT2D eigenvalue weighted by molar-refractivity contribution is -0.154. The van der Waals surface area contributed by atoms with E-state index < -0.39 is 35.7 Å². The smallest absolute Gasteiger partial charge is 0.313 e. The van der Waals surface area contributed by atoms with E-state index in [1.165, 1.54) is 0 Å². The van der Waals surface area contributed by atoms with E-state index >= 15 is 0 Å². The maximum absolute atomic E-state index is 12.6. The summed E-state index contributed by atoms with van der Waals surface area (Å²) < 4.78 is 20.4. The molecule has 0 aromatic heterocycles. The molecule has 9 nitrogen and oxygen atoms in total. The predicted octanol–water partition coefficient (Wildman–Crippen LogP) is 3.26. The quantitative estimate of drug-likeness (QED) is 0.247. The van der Waals surface area contributed by atoms with Crippen molar-refractivity contribution in [3.8, 4) is 0 Å². The summed E-state index contributed by atoms with van der Waals surface area (Å²) in [7, 11) is 0. The van der Waals surface area contributed by atoms with Gasteiger partial charge in [-0.3, -0.25) is 19.2 Å². The van der Waals surface area contributed by atoms with Crippen LogP contribution in [-0.4, -0.2) is 67.8 Å². The maximum atomic E-state index is 12.6. The van der Waals surface area contributed by atoms with Gasteiger partial charge in [-0.2, -0.15) is 0 Å². The lowest BCUT2D eigenvalue weighted by atomic mass is 9.94. The topological polar surface area (TPSA) is 108 Å². The molecule has 190 valence electrons. The molecule has 33 heavy (non-hydrogen) atoms. The highest BCUT2D eigenvalue weighted by atomic mass is 16.5. The molecule has 2 unspecified atom stereocenters. The van der Waals surface area contributed by atoms with Gasteiger partial charge in [0.1, 0.15) is 0 Å². The van der Waals surface area contributed by atoms with Crippen LogP contribution in [0, 0.1) is 11.8 Å². The van der Waals surface area contributed by atoms with Crippen LogP contribution in [0.3, 0.4) is 0 Å². The van der Waals surface area contributed by atoms with Crippen molar-refractivity contribution in [2.75, 3.05) is 33.0 Å². The van der Waals surface area contributed by atoms with Gasteiger partial charge in [-0.25, -0.2) is 0 Å². The van der Waals surface area contributed by atoms with Crippen molar-refractivity contribution in [3.05, 3.63) is 11.8 Å². The van der Waals surface area contributed by atoms with E-state index in [0.29, 0.717) is 12.2 Å². The third-order valence-corrected chi connectivity index (χ3v) is 4.80. The maximum Gasteiger partial charge on any atom is 0.313 e. The lowest BCUT2D eigenvalue weighted by Crippen LogP contribution is -2.34. The van der Waals surface area contributed by atoms with E-state index in [1.54, 1.807) is 33.8 Å². The minimum atomic E-state index is -0.891. The first-order valence-corrected chi connectivity index (χ1v) is 11.8. The molecule has 0 N–H and O–H groups in total. The summed E-state index contributed by atoms with van der Waals surface area (Å²) in [5.74, 6) is -3.79. The molecular formula is C24H41NO8. The zero-order valence-corrected chi connectivity index (χ0v) is 21.2. The molecule has 0 aromatic carbocycles. The summed E-state index contributed by atoms with van der Waals surface area (Å²) >= 11 is 0. The highest BCUT2D eigenvalue weighted by Crippen LogP contribution is 2.26. The molecule has 0 saturated heterocycles. The Morgan fingerprint density at radius 3 is 1.64 bits per heavy atom. The molecule has 0 spiro atoms. The molecule has 2 atom stereocenters. The van der Waals surface area contributed by atoms with E-state index in [2.05, 4.69) is 0 Å². The van der Waals surface area contributed by atoms with Crippen LogP contribution >= 0.6 is 0 Å². The van der Waals surface area contributed by atoms with Crippen molar-refractivity contribution in [1.82, 2.24) is 4.90 Å². The van der Waals surface area contributed by atoms with Crippen molar-refractivity contribution in [2.45, 2.75) is 73.8 Å². The van der Waals surface area contributed by atoms with Crippen LogP contribution in [0.25, 0.3) is 0 Å². The number of nitrogens with zero attached hydrogens (tertiary/aromatic N) is 1. The highest BCUT2D eigenvalue weighted by Gasteiger charge is 2.30. The monoisotopic (exact) mass is 471 g/mol. The Bertz CT molecular complexity index is 659. The first-order chi connectivity index (χ1) is 15.6. The zero-order valence-electron chi connectivity index (χ0n) is 21.2. The summed E-state index contributed by atoms with van der Waals surface area (Å²) in [5.41, 5.74) is 0.650. The molecular weight excluding hydrogens is 430 g/mol. The Balaban J connectivity index is 6.24. The van der Waals surface area contributed by atoms with Gasteiger partial charge in [0.15, 0.2) is 0 Å². The number of allylic oxidation sites excluding steroid dienone is 1. The lowest BCUT2D eigenvalue weighted by Gasteiger charge is -2.32. The minimum Gasteiger partial charge on any atom is -0.466 e. The van der Waals surface area contributed by atoms with Crippen molar-refractivity contribution < 1.29 is 38.1 Å². The van der Waals surface area contributed by atoms with Crippen molar-refractivity contribution in [1.29, 1.82) is 0 Å². The SMILES string of the molecule is CCOC(=O)CC(/C=C(\CC(CC(=O)OCC)C(=O)OCC)N(CC)C(C)C)C(=O)OCC. The molecule has 0 aromatic rings. The Kier molecular flexibility index (Phi) is 15.6. The first kappa shape index (κ1) is 30.4. The second-order valence-corrected chi connectivity index (χ2v) is 7.57. The number of hydrogen-bond acceptors (Lipinski definition) is 9. The predicted molar refractivity (Wildman–Crippen MR) is 123 cm³/mol. The molecule has 0 aliphatic heterocycles. The van der Waals surface area contributed by atoms with Gasteiger partial charge >= 0.3 is 23.9 Å². The minimum absolute atomic E-state index is 0.0390. The summed E-state index contributed by atoms with van der Waals surface area (Å²) in [6, 6.07) is 0.0390. The van der Waals surface area contributed by atoms with E-state index in [1.807, 2.05) is 25.7 Å². The van der Waals surface area contributed by atoms with Gasteiger partial charge in [-0.05, 0) is 48.5 Å². The number of esters is 4. The Morgan fingerprint density at radius 2 is 1.18 bits per heavy atom. The van der Waals surface area contributed by atoms with Gasteiger partial charge in [-0.15, -0.1) is 0 Å². The van der Waals surface area contributed by atoms with E-state index in [9.17, 15) is 19.2 Å². The van der Waals surface area contributed by atoms with Crippen molar-refractivity contribution in [2.24, 2.45) is 11.8 Å². The molecule has 0 heterocycles. The highest BCUT2D eigenvalue weighted by molar-refractivity contribution is 5.82. The molecule has 0 saturated carbocycles. The molecule has 9 heteroatoms. The zero-order chi connectivity index (χ0) is 25.4. The van der Waals surface area contributed by atoms with Crippen LogP contribution in [-0.2, 0) is 38.1 Å². The number of carbonyl (C=O) groups is 4. The van der Waals surface area contributed by atoms with E-state index in [4.69, 9.17) is 18.9 Å². The third-order valence-electron chi connectivity index (χ3n) is 4.80. The summed E-state index contributed by atoms with van der Waals surface area (Å²) in [5, 5.41) is 0. The van der Waals surface area contributed by atoms with E-state index in [0.717, 1.165) is 0 Å². The fraction of sp³-hybridized carbons (Fsp3) is 0.750. The molecule has 0 bridgehead atoms. The van der Waals surface area contributed by atoms with Crippen molar-refractivity contribution in [3.63, 3.8) is 0 Å². The standard InChI is InChI=1S/C24H41NO8/c1-8-25(17(6)7)20(13-18(23(28)32-11-4)15-21(26)30-9-2)14-19(24(29)33-12-5)16-22(27)31-10-3/h13,17-19H,8-12,14-16H2,1-7H3/b20-13+. The average molecular weight is 472 g/mol. The second-order valence-electron chi connectivity index (χ2n) is 7.57. The van der Waals surface area contributed by atoms with Crippen LogP contribution in [0.1, 0.15) is 67.7 Å². The van der Waals surface area contributed by atoms with Crippen LogP contribution < -0.4 is 0 Å². The van der Waals surface area contributed by atoms with Gasteiger partial charge in [-0.1, -0.05) is 6.08 Å². The molecule has 0 rings (SSSR count). The van der Waals surface area contributed by atoms with Gasteiger partial charge in [0.05, 0.1) is 51.1 Å². The van der Waals surface area contributed by atoms with Crippen LogP contribution in [0.4, 0.5) is 0 Å². The van der Waals surface area contributed by atoms with E-state index in [-0.39, 0.29) is 51.7 Å². The van der Waals surface area contributed by atoms with Crippen LogP contribution in [0.15, 0.2) is 11.8 Å². The van der Waals surface area contributed by atoms with Gasteiger partial charge < -0.3 is 23.8 Å². The normalized spacial score (nSPS) is 13.2. The van der Waals surface area contributed by atoms with Crippen molar-refractivity contribution >= 4 is 23.9 Å². The van der Waals surface area contributed by atoms with Crippen LogP contribution in [0.5, 0.6) is 0 Å². The Hall–Kier alpha value is -2.58. The molecule has 0 aliphatic rings. The molecule has 0 fully saturated rings. The van der Waals surface area contributed by atoms with Crippen LogP contribution in [0.2, 0.25) is 0 Å². The number of carbonyl (C=O) groups excluding carboxylic acids is 4. The Labute approximate surface area is 197 Å². The summed E-state index contributed by atoms with van der Waals surface area (Å²) in [4.78, 5) is 51.6. The van der Waals surface area contributed by atoms with Gasteiger partial charge in [0, 0.05) is 24.7 Å². The fourth-order valence-electron chi connectivity index (χ4n) is 3.44. The third kappa shape index (κ3) is 11.7.